The van der Waals surface area contributed by atoms with E-state index in [1.54, 1.807) is 0 Å². The van der Waals surface area contributed by atoms with Crippen molar-refractivity contribution in [3.8, 4) is 0 Å². The quantitative estimate of drug-likeness (QED) is 0.712. The molecule has 5 unspecified atom stereocenters. The molecule has 19 heavy (non-hydrogen) atoms. The first kappa shape index (κ1) is 13.8. The molecule has 0 amide bonds. The Labute approximate surface area is 110 Å². The zero-order valence-electron chi connectivity index (χ0n) is 10.5. The number of carboxylic acid groups (broad SMARTS) is 3. The highest BCUT2D eigenvalue weighted by Crippen LogP contribution is 2.49. The van der Waals surface area contributed by atoms with E-state index in [1.165, 1.54) is 0 Å². The molecule has 2 fully saturated rings. The Balaban J connectivity index is 2.37. The molecule has 2 aliphatic rings. The Bertz CT molecular complexity index is 404. The number of carboxylic acids is 3. The molecule has 6 heteroatoms. The zero-order chi connectivity index (χ0) is 14.2. The summed E-state index contributed by atoms with van der Waals surface area (Å²) in [4.78, 5) is 34.0. The fourth-order valence-corrected chi connectivity index (χ4v) is 3.91. The molecule has 2 aliphatic carbocycles. The largest absolute Gasteiger partial charge is 0.481 e. The molecule has 106 valence electrons. The maximum atomic E-state index is 11.4. The fourth-order valence-electron chi connectivity index (χ4n) is 3.91. The smallest absolute Gasteiger partial charge is 0.308 e. The Hall–Kier alpha value is -1.59. The third-order valence-corrected chi connectivity index (χ3v) is 4.69. The van der Waals surface area contributed by atoms with Gasteiger partial charge in [-0.15, -0.1) is 0 Å². The van der Waals surface area contributed by atoms with E-state index >= 15 is 0 Å². The first-order valence-electron chi connectivity index (χ1n) is 6.62. The standard InChI is InChI=1S/C13H18O6/c14-11(15)8-5-6-3-1-2-4-7(6)9(12(16)17)10(8)13(18)19/h6-10H,1-5H2,(H,14,15)(H,16,17)(H,18,19). The highest BCUT2D eigenvalue weighted by Gasteiger charge is 2.53. The van der Waals surface area contributed by atoms with E-state index in [-0.39, 0.29) is 11.8 Å². The van der Waals surface area contributed by atoms with E-state index in [9.17, 15) is 29.7 Å². The van der Waals surface area contributed by atoms with Gasteiger partial charge in [0.25, 0.3) is 0 Å². The average Bonchev–Trinajstić information content (AvgIpc) is 2.35. The van der Waals surface area contributed by atoms with E-state index < -0.39 is 35.7 Å². The van der Waals surface area contributed by atoms with Gasteiger partial charge in [-0.1, -0.05) is 19.3 Å². The Morgan fingerprint density at radius 3 is 1.89 bits per heavy atom. The van der Waals surface area contributed by atoms with Gasteiger partial charge in [-0.2, -0.15) is 0 Å². The molecule has 6 nitrogen and oxygen atoms in total. The van der Waals surface area contributed by atoms with Gasteiger partial charge in [-0.05, 0) is 24.7 Å². The van der Waals surface area contributed by atoms with Crippen LogP contribution in [0.15, 0.2) is 0 Å². The summed E-state index contributed by atoms with van der Waals surface area (Å²) in [5, 5.41) is 27.8. The van der Waals surface area contributed by atoms with Crippen LogP contribution in [-0.2, 0) is 14.4 Å². The van der Waals surface area contributed by atoms with Crippen molar-refractivity contribution >= 4 is 17.9 Å². The van der Waals surface area contributed by atoms with Crippen LogP contribution in [0.25, 0.3) is 0 Å². The molecule has 0 aromatic rings. The third kappa shape index (κ3) is 2.43. The minimum atomic E-state index is -1.31. The van der Waals surface area contributed by atoms with Crippen LogP contribution in [-0.4, -0.2) is 33.2 Å². The van der Waals surface area contributed by atoms with Crippen molar-refractivity contribution in [2.45, 2.75) is 32.1 Å². The number of rotatable bonds is 3. The van der Waals surface area contributed by atoms with Gasteiger partial charge in [0.05, 0.1) is 17.8 Å². The van der Waals surface area contributed by atoms with Crippen LogP contribution in [0, 0.1) is 29.6 Å². The SMILES string of the molecule is O=C(O)C1CC2CCCCC2C(C(=O)O)C1C(=O)O. The molecule has 0 heterocycles. The molecule has 0 spiro atoms. The molecule has 3 N–H and O–H groups in total. The second-order valence-electron chi connectivity index (χ2n) is 5.62. The topological polar surface area (TPSA) is 112 Å². The van der Waals surface area contributed by atoms with Crippen molar-refractivity contribution < 1.29 is 29.7 Å². The lowest BCUT2D eigenvalue weighted by atomic mass is 9.58. The van der Waals surface area contributed by atoms with Crippen LogP contribution < -0.4 is 0 Å². The second kappa shape index (κ2) is 5.19. The number of fused-ring (bicyclic) bond motifs is 1. The van der Waals surface area contributed by atoms with Gasteiger partial charge in [-0.3, -0.25) is 14.4 Å². The summed E-state index contributed by atoms with van der Waals surface area (Å²) in [7, 11) is 0. The van der Waals surface area contributed by atoms with Gasteiger partial charge in [0, 0.05) is 0 Å². The normalized spacial score (nSPS) is 38.2. The van der Waals surface area contributed by atoms with Crippen LogP contribution in [0.2, 0.25) is 0 Å². The monoisotopic (exact) mass is 270 g/mol. The minimum Gasteiger partial charge on any atom is -0.481 e. The number of hydrogen-bond donors (Lipinski definition) is 3. The number of hydrogen-bond acceptors (Lipinski definition) is 3. The highest BCUT2D eigenvalue weighted by molar-refractivity contribution is 5.86. The molecular formula is C13H18O6. The maximum absolute atomic E-state index is 11.4. The predicted octanol–water partition coefficient (Wildman–Crippen LogP) is 1.30. The Kier molecular flexibility index (Phi) is 3.78. The van der Waals surface area contributed by atoms with Gasteiger partial charge in [-0.25, -0.2) is 0 Å². The second-order valence-corrected chi connectivity index (χ2v) is 5.62. The van der Waals surface area contributed by atoms with E-state index in [2.05, 4.69) is 0 Å². The molecule has 0 bridgehead atoms. The van der Waals surface area contributed by atoms with Crippen LogP contribution >= 0.6 is 0 Å². The van der Waals surface area contributed by atoms with E-state index in [0.717, 1.165) is 19.3 Å². The lowest BCUT2D eigenvalue weighted by molar-refractivity contribution is -0.172. The van der Waals surface area contributed by atoms with Crippen molar-refractivity contribution in [2.75, 3.05) is 0 Å². The lowest BCUT2D eigenvalue weighted by Crippen LogP contribution is -2.50. The predicted molar refractivity (Wildman–Crippen MR) is 63.4 cm³/mol. The summed E-state index contributed by atoms with van der Waals surface area (Å²) >= 11 is 0. The van der Waals surface area contributed by atoms with Crippen molar-refractivity contribution in [1.29, 1.82) is 0 Å². The molecule has 0 saturated heterocycles. The van der Waals surface area contributed by atoms with E-state index in [1.807, 2.05) is 0 Å². The van der Waals surface area contributed by atoms with Crippen LogP contribution in [0.4, 0.5) is 0 Å². The first-order chi connectivity index (χ1) is 8.93. The van der Waals surface area contributed by atoms with Crippen molar-refractivity contribution in [3.63, 3.8) is 0 Å². The van der Waals surface area contributed by atoms with Gasteiger partial charge < -0.3 is 15.3 Å². The van der Waals surface area contributed by atoms with E-state index in [4.69, 9.17) is 0 Å². The molecule has 0 aromatic carbocycles. The summed E-state index contributed by atoms with van der Waals surface area (Å²) < 4.78 is 0. The van der Waals surface area contributed by atoms with Crippen LogP contribution in [0.3, 0.4) is 0 Å². The molecule has 2 saturated carbocycles. The van der Waals surface area contributed by atoms with Crippen molar-refractivity contribution in [1.82, 2.24) is 0 Å². The zero-order valence-corrected chi connectivity index (χ0v) is 10.5. The highest BCUT2D eigenvalue weighted by atomic mass is 16.4. The van der Waals surface area contributed by atoms with E-state index in [0.29, 0.717) is 12.8 Å². The molecule has 5 atom stereocenters. The summed E-state index contributed by atoms with van der Waals surface area (Å²) in [6, 6.07) is 0. The van der Waals surface area contributed by atoms with Crippen molar-refractivity contribution in [2.24, 2.45) is 29.6 Å². The van der Waals surface area contributed by atoms with Gasteiger partial charge in [0.1, 0.15) is 0 Å². The number of aliphatic carboxylic acids is 3. The third-order valence-electron chi connectivity index (χ3n) is 4.69. The lowest BCUT2D eigenvalue weighted by Gasteiger charge is -2.44. The summed E-state index contributed by atoms with van der Waals surface area (Å²) in [6.07, 6.45) is 3.66. The molecule has 2 rings (SSSR count). The molecule has 0 aromatic heterocycles. The molecule has 0 radical (unpaired) electrons. The summed E-state index contributed by atoms with van der Waals surface area (Å²) in [5.41, 5.74) is 0. The minimum absolute atomic E-state index is 0.0338. The molecular weight excluding hydrogens is 252 g/mol. The average molecular weight is 270 g/mol. The van der Waals surface area contributed by atoms with Gasteiger partial charge >= 0.3 is 17.9 Å². The molecule has 0 aliphatic heterocycles. The van der Waals surface area contributed by atoms with Crippen molar-refractivity contribution in [3.05, 3.63) is 0 Å². The first-order valence-corrected chi connectivity index (χ1v) is 6.62. The summed E-state index contributed by atoms with van der Waals surface area (Å²) in [5.74, 6) is -7.29. The summed E-state index contributed by atoms with van der Waals surface area (Å²) in [6.45, 7) is 0. The van der Waals surface area contributed by atoms with Crippen LogP contribution in [0.5, 0.6) is 0 Å². The van der Waals surface area contributed by atoms with Gasteiger partial charge in [0.2, 0.25) is 0 Å². The maximum Gasteiger partial charge on any atom is 0.308 e. The Morgan fingerprint density at radius 1 is 0.789 bits per heavy atom. The van der Waals surface area contributed by atoms with Gasteiger partial charge in [0.15, 0.2) is 0 Å². The Morgan fingerprint density at radius 2 is 1.37 bits per heavy atom. The fraction of sp³-hybridized carbons (Fsp3) is 0.769. The number of carbonyl (C=O) groups is 3. The van der Waals surface area contributed by atoms with Crippen LogP contribution in [0.1, 0.15) is 32.1 Å².